The van der Waals surface area contributed by atoms with Gasteiger partial charge in [0.25, 0.3) is 5.91 Å². The van der Waals surface area contributed by atoms with Crippen LogP contribution in [-0.4, -0.2) is 46.5 Å². The molecule has 0 spiro atoms. The SMILES string of the molecule is COc1cccc([C@@H]2CN(C(=O)c3ccns3)C[C@H]2C(=O)O)c1. The molecule has 2 aromatic rings. The average Bonchev–Trinajstić information content (AvgIpc) is 3.24. The topological polar surface area (TPSA) is 79.7 Å². The van der Waals surface area contributed by atoms with E-state index in [1.54, 1.807) is 24.3 Å². The van der Waals surface area contributed by atoms with Crippen LogP contribution in [0.1, 0.15) is 21.2 Å². The zero-order chi connectivity index (χ0) is 16.4. The van der Waals surface area contributed by atoms with E-state index in [2.05, 4.69) is 4.37 Å². The van der Waals surface area contributed by atoms with Gasteiger partial charge in [-0.2, -0.15) is 0 Å². The van der Waals surface area contributed by atoms with Gasteiger partial charge in [-0.3, -0.25) is 9.59 Å². The number of hydrogen-bond donors (Lipinski definition) is 1. The number of methoxy groups -OCH3 is 1. The summed E-state index contributed by atoms with van der Waals surface area (Å²) < 4.78 is 9.14. The van der Waals surface area contributed by atoms with Crippen LogP contribution in [0.25, 0.3) is 0 Å². The first-order chi connectivity index (χ1) is 11.1. The normalized spacial score (nSPS) is 20.5. The molecule has 1 aromatic carbocycles. The molecule has 1 aliphatic heterocycles. The fraction of sp³-hybridized carbons (Fsp3) is 0.312. The minimum absolute atomic E-state index is 0.163. The summed E-state index contributed by atoms with van der Waals surface area (Å²) >= 11 is 1.12. The number of ether oxygens (including phenoxy) is 1. The largest absolute Gasteiger partial charge is 0.497 e. The molecule has 2 atom stereocenters. The highest BCUT2D eigenvalue weighted by Crippen LogP contribution is 2.35. The zero-order valence-corrected chi connectivity index (χ0v) is 13.3. The molecule has 1 amide bonds. The molecule has 1 fully saturated rings. The average molecular weight is 332 g/mol. The van der Waals surface area contributed by atoms with Gasteiger partial charge < -0.3 is 14.7 Å². The van der Waals surface area contributed by atoms with Gasteiger partial charge in [0.1, 0.15) is 10.6 Å². The molecule has 23 heavy (non-hydrogen) atoms. The Morgan fingerprint density at radius 1 is 1.35 bits per heavy atom. The second kappa shape index (κ2) is 6.37. The fourth-order valence-corrected chi connectivity index (χ4v) is 3.48. The van der Waals surface area contributed by atoms with Crippen LogP contribution < -0.4 is 4.74 Å². The second-order valence-electron chi connectivity index (χ2n) is 5.41. The Morgan fingerprint density at radius 2 is 2.17 bits per heavy atom. The van der Waals surface area contributed by atoms with Gasteiger partial charge in [-0.05, 0) is 35.3 Å². The van der Waals surface area contributed by atoms with Crippen molar-refractivity contribution in [3.05, 3.63) is 47.0 Å². The van der Waals surface area contributed by atoms with E-state index in [1.165, 1.54) is 0 Å². The highest BCUT2D eigenvalue weighted by Gasteiger charge is 2.41. The lowest BCUT2D eigenvalue weighted by molar-refractivity contribution is -0.141. The zero-order valence-electron chi connectivity index (χ0n) is 12.5. The first-order valence-electron chi connectivity index (χ1n) is 7.17. The van der Waals surface area contributed by atoms with Gasteiger partial charge in [-0.1, -0.05) is 12.1 Å². The summed E-state index contributed by atoms with van der Waals surface area (Å²) in [6.07, 6.45) is 1.57. The molecule has 1 aromatic heterocycles. The summed E-state index contributed by atoms with van der Waals surface area (Å²) in [5.41, 5.74) is 0.872. The summed E-state index contributed by atoms with van der Waals surface area (Å²) in [5.74, 6) is -1.25. The van der Waals surface area contributed by atoms with Crippen LogP contribution in [0.4, 0.5) is 0 Å². The van der Waals surface area contributed by atoms with E-state index >= 15 is 0 Å². The molecule has 120 valence electrons. The van der Waals surface area contributed by atoms with E-state index in [-0.39, 0.29) is 18.4 Å². The van der Waals surface area contributed by atoms with Crippen molar-refractivity contribution in [2.24, 2.45) is 5.92 Å². The molecule has 3 rings (SSSR count). The van der Waals surface area contributed by atoms with Gasteiger partial charge in [0.15, 0.2) is 0 Å². The van der Waals surface area contributed by atoms with E-state index < -0.39 is 11.9 Å². The lowest BCUT2D eigenvalue weighted by atomic mass is 9.89. The van der Waals surface area contributed by atoms with Crippen LogP contribution in [0.3, 0.4) is 0 Å². The number of likely N-dealkylation sites (tertiary alicyclic amines) is 1. The third-order valence-corrected chi connectivity index (χ3v) is 4.83. The van der Waals surface area contributed by atoms with E-state index in [0.717, 1.165) is 17.1 Å². The first-order valence-corrected chi connectivity index (χ1v) is 7.94. The lowest BCUT2D eigenvalue weighted by Gasteiger charge is -2.16. The van der Waals surface area contributed by atoms with Crippen molar-refractivity contribution in [2.45, 2.75) is 5.92 Å². The number of carbonyl (C=O) groups is 2. The van der Waals surface area contributed by atoms with Crippen molar-refractivity contribution in [1.82, 2.24) is 9.27 Å². The number of nitrogens with zero attached hydrogens (tertiary/aromatic N) is 2. The van der Waals surface area contributed by atoms with Crippen molar-refractivity contribution in [3.8, 4) is 5.75 Å². The van der Waals surface area contributed by atoms with E-state index in [4.69, 9.17) is 4.74 Å². The van der Waals surface area contributed by atoms with Crippen molar-refractivity contribution >= 4 is 23.4 Å². The molecule has 7 heteroatoms. The number of benzene rings is 1. The number of carbonyl (C=O) groups excluding carboxylic acids is 1. The van der Waals surface area contributed by atoms with Gasteiger partial charge in [-0.15, -0.1) is 0 Å². The summed E-state index contributed by atoms with van der Waals surface area (Å²) in [6.45, 7) is 0.578. The van der Waals surface area contributed by atoms with Crippen LogP contribution >= 0.6 is 11.5 Å². The number of aromatic nitrogens is 1. The first kappa shape index (κ1) is 15.5. The molecule has 0 radical (unpaired) electrons. The molecule has 0 bridgehead atoms. The van der Waals surface area contributed by atoms with Crippen LogP contribution in [0.2, 0.25) is 0 Å². The molecule has 1 aliphatic rings. The quantitative estimate of drug-likeness (QED) is 0.927. The number of aliphatic carboxylic acids is 1. The van der Waals surface area contributed by atoms with Gasteiger partial charge in [0.05, 0.1) is 13.0 Å². The third-order valence-electron chi connectivity index (χ3n) is 4.09. The predicted octanol–water partition coefficient (Wildman–Crippen LogP) is 2.09. The van der Waals surface area contributed by atoms with Gasteiger partial charge in [0, 0.05) is 25.2 Å². The molecule has 0 aliphatic carbocycles. The number of carboxylic acid groups (broad SMARTS) is 1. The molecule has 1 saturated heterocycles. The van der Waals surface area contributed by atoms with E-state index in [9.17, 15) is 14.7 Å². The monoisotopic (exact) mass is 332 g/mol. The Hall–Kier alpha value is -2.41. The Morgan fingerprint density at radius 3 is 2.83 bits per heavy atom. The van der Waals surface area contributed by atoms with Crippen LogP contribution in [-0.2, 0) is 4.79 Å². The molecule has 2 heterocycles. The van der Waals surface area contributed by atoms with Gasteiger partial charge in [0.2, 0.25) is 0 Å². The predicted molar refractivity (Wildman–Crippen MR) is 84.9 cm³/mol. The van der Waals surface area contributed by atoms with E-state index in [1.807, 2.05) is 24.3 Å². The maximum Gasteiger partial charge on any atom is 0.308 e. The van der Waals surface area contributed by atoms with Crippen molar-refractivity contribution in [2.75, 3.05) is 20.2 Å². The number of rotatable bonds is 4. The van der Waals surface area contributed by atoms with Crippen LogP contribution in [0.15, 0.2) is 36.5 Å². The van der Waals surface area contributed by atoms with Crippen molar-refractivity contribution in [3.63, 3.8) is 0 Å². The number of carboxylic acids is 1. The Labute approximate surface area is 137 Å². The molecule has 0 unspecified atom stereocenters. The van der Waals surface area contributed by atoms with Crippen molar-refractivity contribution in [1.29, 1.82) is 0 Å². The molecular formula is C16H16N2O4S. The van der Waals surface area contributed by atoms with E-state index in [0.29, 0.717) is 17.2 Å². The summed E-state index contributed by atoms with van der Waals surface area (Å²) in [6, 6.07) is 9.02. The minimum Gasteiger partial charge on any atom is -0.497 e. The number of hydrogen-bond acceptors (Lipinski definition) is 5. The molecular weight excluding hydrogens is 316 g/mol. The minimum atomic E-state index is -0.891. The Bertz CT molecular complexity index is 717. The van der Waals surface area contributed by atoms with Crippen molar-refractivity contribution < 1.29 is 19.4 Å². The lowest BCUT2D eigenvalue weighted by Crippen LogP contribution is -2.29. The molecule has 6 nitrogen and oxygen atoms in total. The highest BCUT2D eigenvalue weighted by atomic mass is 32.1. The van der Waals surface area contributed by atoms with Gasteiger partial charge >= 0.3 is 5.97 Å². The van der Waals surface area contributed by atoms with Crippen LogP contribution in [0.5, 0.6) is 5.75 Å². The summed E-state index contributed by atoms with van der Waals surface area (Å²) in [7, 11) is 1.57. The summed E-state index contributed by atoms with van der Waals surface area (Å²) in [5, 5.41) is 9.52. The fourth-order valence-electron chi connectivity index (χ4n) is 2.91. The second-order valence-corrected chi connectivity index (χ2v) is 6.25. The maximum atomic E-state index is 12.5. The Balaban J connectivity index is 1.87. The number of amides is 1. The smallest absolute Gasteiger partial charge is 0.308 e. The Kier molecular flexibility index (Phi) is 4.29. The maximum absolute atomic E-state index is 12.5. The van der Waals surface area contributed by atoms with Gasteiger partial charge in [-0.25, -0.2) is 4.37 Å². The third kappa shape index (κ3) is 3.05. The standard InChI is InChI=1S/C16H16N2O4S/c1-22-11-4-2-3-10(7-11)12-8-18(9-13(12)16(20)21)15(19)14-5-6-17-23-14/h2-7,12-13H,8-9H2,1H3,(H,20,21)/t12-,13+/m0/s1. The molecule has 1 N–H and O–H groups in total. The summed E-state index contributed by atoms with van der Waals surface area (Å²) in [4.78, 5) is 26.2. The van der Waals surface area contributed by atoms with Crippen LogP contribution in [0, 0.1) is 5.92 Å². The highest BCUT2D eigenvalue weighted by molar-refractivity contribution is 7.08. The molecule has 0 saturated carbocycles.